The summed E-state index contributed by atoms with van der Waals surface area (Å²) in [5.41, 5.74) is 0.996. The van der Waals surface area contributed by atoms with Crippen LogP contribution in [0.25, 0.3) is 0 Å². The molecular formula is C21H20O2. The quantitative estimate of drug-likeness (QED) is 0.567. The van der Waals surface area contributed by atoms with Gasteiger partial charge >= 0.3 is 0 Å². The number of benzene rings is 3. The molecule has 0 aromatic heterocycles. The summed E-state index contributed by atoms with van der Waals surface area (Å²) >= 11 is 0. The van der Waals surface area contributed by atoms with Crippen molar-refractivity contribution in [1.29, 1.82) is 0 Å². The van der Waals surface area contributed by atoms with Gasteiger partial charge in [-0.05, 0) is 24.3 Å². The van der Waals surface area contributed by atoms with Crippen LogP contribution in [-0.4, -0.2) is 0 Å². The Morgan fingerprint density at radius 1 is 0.609 bits per heavy atom. The van der Waals surface area contributed by atoms with Gasteiger partial charge in [0, 0.05) is 12.0 Å². The SMILES string of the molecule is CCC(Oc1ccccc1)(Oc1ccccc1)c1ccccc1. The Kier molecular flexibility index (Phi) is 4.62. The fraction of sp³-hybridized carbons (Fsp3) is 0.143. The van der Waals surface area contributed by atoms with Gasteiger partial charge in [-0.1, -0.05) is 73.7 Å². The third kappa shape index (κ3) is 3.54. The van der Waals surface area contributed by atoms with E-state index in [0.717, 1.165) is 17.1 Å². The summed E-state index contributed by atoms with van der Waals surface area (Å²) in [4.78, 5) is 0. The summed E-state index contributed by atoms with van der Waals surface area (Å²) in [6.07, 6.45) is 0.681. The van der Waals surface area contributed by atoms with Crippen LogP contribution in [-0.2, 0) is 5.79 Å². The second-order valence-electron chi connectivity index (χ2n) is 5.30. The van der Waals surface area contributed by atoms with Gasteiger partial charge in [-0.15, -0.1) is 0 Å². The Morgan fingerprint density at radius 2 is 1.00 bits per heavy atom. The van der Waals surface area contributed by atoms with Crippen molar-refractivity contribution in [3.63, 3.8) is 0 Å². The lowest BCUT2D eigenvalue weighted by Crippen LogP contribution is -2.39. The van der Waals surface area contributed by atoms with Crippen LogP contribution in [0.5, 0.6) is 11.5 Å². The van der Waals surface area contributed by atoms with Crippen molar-refractivity contribution >= 4 is 0 Å². The molecule has 0 N–H and O–H groups in total. The molecule has 0 radical (unpaired) electrons. The molecule has 0 saturated heterocycles. The second kappa shape index (κ2) is 7.01. The van der Waals surface area contributed by atoms with Crippen molar-refractivity contribution in [2.24, 2.45) is 0 Å². The Bertz CT molecular complexity index is 667. The smallest absolute Gasteiger partial charge is 0.277 e. The summed E-state index contributed by atoms with van der Waals surface area (Å²) in [6.45, 7) is 2.07. The normalized spacial score (nSPS) is 11.0. The largest absolute Gasteiger partial charge is 0.448 e. The zero-order valence-corrected chi connectivity index (χ0v) is 13.2. The van der Waals surface area contributed by atoms with Crippen molar-refractivity contribution in [1.82, 2.24) is 0 Å². The van der Waals surface area contributed by atoms with E-state index in [-0.39, 0.29) is 0 Å². The van der Waals surface area contributed by atoms with Crippen LogP contribution in [0.2, 0.25) is 0 Å². The minimum atomic E-state index is -0.857. The van der Waals surface area contributed by atoms with E-state index in [4.69, 9.17) is 9.47 Å². The lowest BCUT2D eigenvalue weighted by Gasteiger charge is -2.34. The Hall–Kier alpha value is -2.74. The molecular weight excluding hydrogens is 284 g/mol. The fourth-order valence-corrected chi connectivity index (χ4v) is 2.54. The molecule has 116 valence electrons. The third-order valence-electron chi connectivity index (χ3n) is 3.73. The predicted molar refractivity (Wildman–Crippen MR) is 92.6 cm³/mol. The molecule has 2 heteroatoms. The van der Waals surface area contributed by atoms with E-state index in [1.807, 2.05) is 91.0 Å². The first-order valence-electron chi connectivity index (χ1n) is 7.86. The number of hydrogen-bond acceptors (Lipinski definition) is 2. The van der Waals surface area contributed by atoms with Gasteiger partial charge in [-0.25, -0.2) is 0 Å². The van der Waals surface area contributed by atoms with E-state index in [1.54, 1.807) is 0 Å². The first kappa shape index (κ1) is 15.2. The summed E-state index contributed by atoms with van der Waals surface area (Å²) < 4.78 is 12.6. The van der Waals surface area contributed by atoms with Crippen LogP contribution in [0.3, 0.4) is 0 Å². The molecule has 0 aliphatic heterocycles. The molecule has 0 aliphatic rings. The van der Waals surface area contributed by atoms with Gasteiger partial charge in [-0.3, -0.25) is 0 Å². The monoisotopic (exact) mass is 304 g/mol. The molecule has 0 unspecified atom stereocenters. The van der Waals surface area contributed by atoms with Crippen molar-refractivity contribution in [2.45, 2.75) is 19.1 Å². The first-order valence-corrected chi connectivity index (χ1v) is 7.86. The van der Waals surface area contributed by atoms with Gasteiger partial charge < -0.3 is 9.47 Å². The lowest BCUT2D eigenvalue weighted by atomic mass is 10.0. The highest BCUT2D eigenvalue weighted by Crippen LogP contribution is 2.34. The number of hydrogen-bond donors (Lipinski definition) is 0. The summed E-state index contributed by atoms with van der Waals surface area (Å²) in [6, 6.07) is 29.7. The zero-order chi connectivity index (χ0) is 16.0. The standard InChI is InChI=1S/C21H20O2/c1-2-21(18-12-6-3-7-13-18,22-19-14-8-4-9-15-19)23-20-16-10-5-11-17-20/h3-17H,2H2,1H3. The van der Waals surface area contributed by atoms with E-state index >= 15 is 0 Å². The average molecular weight is 304 g/mol. The van der Waals surface area contributed by atoms with Gasteiger partial charge in [0.2, 0.25) is 0 Å². The fourth-order valence-electron chi connectivity index (χ4n) is 2.54. The predicted octanol–water partition coefficient (Wildman–Crippen LogP) is 5.41. The molecule has 0 saturated carbocycles. The minimum Gasteiger partial charge on any atom is -0.448 e. The summed E-state index contributed by atoms with van der Waals surface area (Å²) in [7, 11) is 0. The molecule has 0 spiro atoms. The van der Waals surface area contributed by atoms with E-state index in [2.05, 4.69) is 6.92 Å². The minimum absolute atomic E-state index is 0.681. The van der Waals surface area contributed by atoms with Crippen molar-refractivity contribution in [2.75, 3.05) is 0 Å². The summed E-state index contributed by atoms with van der Waals surface area (Å²) in [5, 5.41) is 0. The van der Waals surface area contributed by atoms with Crippen LogP contribution >= 0.6 is 0 Å². The lowest BCUT2D eigenvalue weighted by molar-refractivity contribution is -0.124. The van der Waals surface area contributed by atoms with Crippen LogP contribution < -0.4 is 9.47 Å². The number of rotatable bonds is 6. The third-order valence-corrected chi connectivity index (χ3v) is 3.73. The first-order chi connectivity index (χ1) is 11.3. The van der Waals surface area contributed by atoms with E-state index in [1.165, 1.54) is 0 Å². The van der Waals surface area contributed by atoms with E-state index in [9.17, 15) is 0 Å². The second-order valence-corrected chi connectivity index (χ2v) is 5.30. The molecule has 3 aromatic carbocycles. The Labute approximate surface area is 137 Å². The topological polar surface area (TPSA) is 18.5 Å². The van der Waals surface area contributed by atoms with Crippen LogP contribution in [0, 0.1) is 0 Å². The maximum atomic E-state index is 6.32. The maximum Gasteiger partial charge on any atom is 0.277 e. The molecule has 0 fully saturated rings. The molecule has 0 atom stereocenters. The zero-order valence-electron chi connectivity index (χ0n) is 13.2. The Balaban J connectivity index is 2.00. The van der Waals surface area contributed by atoms with Gasteiger partial charge in [0.1, 0.15) is 11.5 Å². The molecule has 3 rings (SSSR count). The molecule has 0 heterocycles. The highest BCUT2D eigenvalue weighted by molar-refractivity contribution is 5.29. The molecule has 23 heavy (non-hydrogen) atoms. The van der Waals surface area contributed by atoms with Gasteiger partial charge in [0.15, 0.2) is 0 Å². The highest BCUT2D eigenvalue weighted by Gasteiger charge is 2.35. The molecule has 0 bridgehead atoms. The Morgan fingerprint density at radius 3 is 1.39 bits per heavy atom. The van der Waals surface area contributed by atoms with E-state index < -0.39 is 5.79 Å². The number of ether oxygens (including phenoxy) is 2. The molecule has 0 aliphatic carbocycles. The maximum absolute atomic E-state index is 6.32. The summed E-state index contributed by atoms with van der Waals surface area (Å²) in [5.74, 6) is 0.715. The van der Waals surface area contributed by atoms with Crippen LogP contribution in [0.1, 0.15) is 18.9 Å². The number of para-hydroxylation sites is 2. The average Bonchev–Trinajstić information content (AvgIpc) is 2.63. The van der Waals surface area contributed by atoms with Gasteiger partial charge in [0.05, 0.1) is 0 Å². The molecule has 0 amide bonds. The van der Waals surface area contributed by atoms with Crippen LogP contribution in [0.4, 0.5) is 0 Å². The van der Waals surface area contributed by atoms with E-state index in [0.29, 0.717) is 6.42 Å². The van der Waals surface area contributed by atoms with Crippen molar-refractivity contribution in [3.8, 4) is 11.5 Å². The highest BCUT2D eigenvalue weighted by atomic mass is 16.7. The van der Waals surface area contributed by atoms with Gasteiger partial charge in [-0.2, -0.15) is 0 Å². The van der Waals surface area contributed by atoms with Crippen molar-refractivity contribution in [3.05, 3.63) is 96.6 Å². The van der Waals surface area contributed by atoms with Gasteiger partial charge in [0.25, 0.3) is 5.79 Å². The van der Waals surface area contributed by atoms with Crippen LogP contribution in [0.15, 0.2) is 91.0 Å². The van der Waals surface area contributed by atoms with Crippen molar-refractivity contribution < 1.29 is 9.47 Å². The molecule has 2 nitrogen and oxygen atoms in total. The molecule has 3 aromatic rings.